The van der Waals surface area contributed by atoms with Gasteiger partial charge in [-0.3, -0.25) is 9.59 Å². The van der Waals surface area contributed by atoms with Gasteiger partial charge >= 0.3 is 6.09 Å². The van der Waals surface area contributed by atoms with Gasteiger partial charge in [0.2, 0.25) is 11.8 Å². The molecule has 0 aromatic heterocycles. The Morgan fingerprint density at radius 1 is 1.21 bits per heavy atom. The zero-order valence-corrected chi connectivity index (χ0v) is 21.5. The zero-order valence-electron chi connectivity index (χ0n) is 20.6. The molecule has 0 bridgehead atoms. The van der Waals surface area contributed by atoms with Crippen LogP contribution in [0.25, 0.3) is 0 Å². The summed E-state index contributed by atoms with van der Waals surface area (Å²) in [6.07, 6.45) is 4.46. The van der Waals surface area contributed by atoms with Crippen LogP contribution in [0.3, 0.4) is 0 Å². The van der Waals surface area contributed by atoms with Crippen LogP contribution in [0.2, 0.25) is 0 Å². The van der Waals surface area contributed by atoms with Gasteiger partial charge in [-0.15, -0.1) is 0 Å². The minimum atomic E-state index is -0.955. The maximum absolute atomic E-state index is 13.4. The summed E-state index contributed by atoms with van der Waals surface area (Å²) in [7, 11) is 1.53. The Hall–Kier alpha value is -2.42. The molecule has 0 spiro atoms. The summed E-state index contributed by atoms with van der Waals surface area (Å²) >= 11 is 1.55. The van der Waals surface area contributed by atoms with Gasteiger partial charge in [0, 0.05) is 13.6 Å². The molecule has 0 heterocycles. The van der Waals surface area contributed by atoms with Gasteiger partial charge in [-0.05, 0) is 63.3 Å². The number of hydrogen-bond acceptors (Lipinski definition) is 6. The second-order valence-electron chi connectivity index (χ2n) is 8.93. The first kappa shape index (κ1) is 28.6. The molecule has 0 saturated heterocycles. The highest BCUT2D eigenvalue weighted by Crippen LogP contribution is 2.24. The van der Waals surface area contributed by atoms with Gasteiger partial charge in [-0.25, -0.2) is 4.79 Å². The Bertz CT molecular complexity index is 782. The molecule has 8 nitrogen and oxygen atoms in total. The van der Waals surface area contributed by atoms with Crippen molar-refractivity contribution >= 4 is 29.7 Å². The number of phenols is 1. The zero-order chi connectivity index (χ0) is 25.0. The van der Waals surface area contributed by atoms with E-state index in [0.717, 1.165) is 19.3 Å². The highest BCUT2D eigenvalue weighted by Gasteiger charge is 2.34. The van der Waals surface area contributed by atoms with E-state index in [1.165, 1.54) is 24.1 Å². The highest BCUT2D eigenvalue weighted by molar-refractivity contribution is 7.98. The Morgan fingerprint density at radius 3 is 2.48 bits per heavy atom. The van der Waals surface area contributed by atoms with E-state index in [1.54, 1.807) is 44.7 Å². The van der Waals surface area contributed by atoms with E-state index in [1.807, 2.05) is 6.26 Å². The fraction of sp³-hybridized carbons (Fsp3) is 0.625. The third-order valence-electron chi connectivity index (χ3n) is 4.85. The number of benzene rings is 1. The first-order valence-electron chi connectivity index (χ1n) is 11.3. The van der Waals surface area contributed by atoms with Crippen LogP contribution in [-0.4, -0.2) is 65.2 Å². The normalized spacial score (nSPS) is 13.0. The predicted octanol–water partition coefficient (Wildman–Crippen LogP) is 3.84. The van der Waals surface area contributed by atoms with Crippen molar-refractivity contribution in [2.45, 2.75) is 71.1 Å². The number of thioether (sulfide) groups is 1. The van der Waals surface area contributed by atoms with Crippen LogP contribution in [-0.2, 0) is 14.3 Å². The van der Waals surface area contributed by atoms with Crippen LogP contribution < -0.4 is 10.6 Å². The lowest BCUT2D eigenvalue weighted by molar-refractivity contribution is -0.140. The summed E-state index contributed by atoms with van der Waals surface area (Å²) in [5.41, 5.74) is -0.217. The molecule has 0 saturated carbocycles. The Balaban J connectivity index is 3.13. The number of nitrogens with zero attached hydrogens (tertiary/aromatic N) is 1. The summed E-state index contributed by atoms with van der Waals surface area (Å²) in [6.45, 7) is 7.82. The van der Waals surface area contributed by atoms with Crippen molar-refractivity contribution in [1.29, 1.82) is 0 Å². The number of aromatic hydroxyl groups is 1. The molecule has 1 aromatic carbocycles. The molecule has 3 amide bonds. The SMILES string of the molecule is CCCCCNC(=O)C(c1cccc(O)c1)N(C)C(=O)C(CCSC)NC(=O)OC(C)(C)C. The van der Waals surface area contributed by atoms with Crippen LogP contribution in [0.4, 0.5) is 4.79 Å². The summed E-state index contributed by atoms with van der Waals surface area (Å²) < 4.78 is 5.32. The van der Waals surface area contributed by atoms with Gasteiger partial charge in [0.25, 0.3) is 0 Å². The number of likely N-dealkylation sites (N-methyl/N-ethyl adjacent to an activating group) is 1. The van der Waals surface area contributed by atoms with Gasteiger partial charge < -0.3 is 25.4 Å². The lowest BCUT2D eigenvalue weighted by atomic mass is 10.0. The first-order valence-corrected chi connectivity index (χ1v) is 12.7. The van der Waals surface area contributed by atoms with Crippen LogP contribution >= 0.6 is 11.8 Å². The van der Waals surface area contributed by atoms with Crippen LogP contribution in [0, 0.1) is 0 Å². The van der Waals surface area contributed by atoms with E-state index in [-0.39, 0.29) is 11.7 Å². The molecule has 33 heavy (non-hydrogen) atoms. The summed E-state index contributed by atoms with van der Waals surface area (Å²) in [5.74, 6) is -0.108. The molecule has 3 N–H and O–H groups in total. The number of unbranched alkanes of at least 4 members (excludes halogenated alkanes) is 2. The summed E-state index contributed by atoms with van der Waals surface area (Å²) in [4.78, 5) is 40.2. The van der Waals surface area contributed by atoms with Crippen molar-refractivity contribution in [3.8, 4) is 5.75 Å². The van der Waals surface area contributed by atoms with Gasteiger partial charge in [-0.2, -0.15) is 11.8 Å². The first-order chi connectivity index (χ1) is 15.5. The third-order valence-corrected chi connectivity index (χ3v) is 5.49. The second kappa shape index (κ2) is 14.0. The Labute approximate surface area is 201 Å². The van der Waals surface area contributed by atoms with Crippen molar-refractivity contribution < 1.29 is 24.2 Å². The molecule has 9 heteroatoms. The molecular formula is C24H39N3O5S. The lowest BCUT2D eigenvalue weighted by Gasteiger charge is -2.31. The van der Waals surface area contributed by atoms with Gasteiger partial charge in [0.1, 0.15) is 23.4 Å². The van der Waals surface area contributed by atoms with Gasteiger partial charge in [-0.1, -0.05) is 31.9 Å². The lowest BCUT2D eigenvalue weighted by Crippen LogP contribution is -2.52. The molecule has 0 fully saturated rings. The Kier molecular flexibility index (Phi) is 12.1. The average Bonchev–Trinajstić information content (AvgIpc) is 2.72. The number of ether oxygens (including phenoxy) is 1. The van der Waals surface area contributed by atoms with E-state index in [0.29, 0.717) is 24.3 Å². The molecule has 186 valence electrons. The number of alkyl carbamates (subject to hydrolysis) is 1. The van der Waals surface area contributed by atoms with Gasteiger partial charge in [0.05, 0.1) is 0 Å². The summed E-state index contributed by atoms with van der Waals surface area (Å²) in [5, 5.41) is 15.5. The highest BCUT2D eigenvalue weighted by atomic mass is 32.2. The second-order valence-corrected chi connectivity index (χ2v) is 9.91. The number of phenolic OH excluding ortho intramolecular Hbond substituents is 1. The van der Waals surface area contributed by atoms with Crippen molar-refractivity contribution in [3.05, 3.63) is 29.8 Å². The van der Waals surface area contributed by atoms with Crippen LogP contribution in [0.15, 0.2) is 24.3 Å². The largest absolute Gasteiger partial charge is 0.508 e. The fourth-order valence-corrected chi connectivity index (χ4v) is 3.72. The van der Waals surface area contributed by atoms with E-state index in [4.69, 9.17) is 4.74 Å². The Morgan fingerprint density at radius 2 is 1.91 bits per heavy atom. The minimum absolute atomic E-state index is 0.00273. The minimum Gasteiger partial charge on any atom is -0.508 e. The molecule has 1 aromatic rings. The summed E-state index contributed by atoms with van der Waals surface area (Å²) in [6, 6.07) is 4.49. The molecular weight excluding hydrogens is 442 g/mol. The van der Waals surface area contributed by atoms with Crippen LogP contribution in [0.1, 0.15) is 65.0 Å². The van der Waals surface area contributed by atoms with E-state index in [2.05, 4.69) is 17.6 Å². The predicted molar refractivity (Wildman–Crippen MR) is 132 cm³/mol. The van der Waals surface area contributed by atoms with Gasteiger partial charge in [0.15, 0.2) is 0 Å². The molecule has 0 aliphatic rings. The molecule has 0 aliphatic carbocycles. The van der Waals surface area contributed by atoms with E-state index < -0.39 is 29.7 Å². The number of carbonyl (C=O) groups excluding carboxylic acids is 3. The van der Waals surface area contributed by atoms with E-state index in [9.17, 15) is 19.5 Å². The molecule has 2 atom stereocenters. The van der Waals surface area contributed by atoms with Crippen LogP contribution in [0.5, 0.6) is 5.75 Å². The van der Waals surface area contributed by atoms with E-state index >= 15 is 0 Å². The smallest absolute Gasteiger partial charge is 0.408 e. The number of carbonyl (C=O) groups is 3. The molecule has 0 radical (unpaired) electrons. The number of hydrogen-bond donors (Lipinski definition) is 3. The standard InChI is InChI=1S/C24H39N3O5S/c1-7-8-9-14-25-21(29)20(17-11-10-12-18(28)16-17)27(5)22(30)19(13-15-33-6)26-23(31)32-24(2,3)4/h10-12,16,19-20,28H,7-9,13-15H2,1-6H3,(H,25,29)(H,26,31). The van der Waals surface area contributed by atoms with Crippen molar-refractivity contribution in [3.63, 3.8) is 0 Å². The van der Waals surface area contributed by atoms with Crippen molar-refractivity contribution in [2.75, 3.05) is 25.6 Å². The fourth-order valence-electron chi connectivity index (χ4n) is 3.24. The molecule has 2 unspecified atom stereocenters. The average molecular weight is 482 g/mol. The third kappa shape index (κ3) is 10.4. The number of rotatable bonds is 12. The number of amides is 3. The monoisotopic (exact) mass is 481 g/mol. The number of nitrogens with one attached hydrogen (secondary N) is 2. The molecule has 0 aliphatic heterocycles. The maximum atomic E-state index is 13.4. The maximum Gasteiger partial charge on any atom is 0.408 e. The molecule has 1 rings (SSSR count). The topological polar surface area (TPSA) is 108 Å². The quantitative estimate of drug-likeness (QED) is 0.392. The van der Waals surface area contributed by atoms with Crippen molar-refractivity contribution in [1.82, 2.24) is 15.5 Å². The van der Waals surface area contributed by atoms with Crippen molar-refractivity contribution in [2.24, 2.45) is 0 Å².